The minimum Gasteiger partial charge on any atom is -0.508 e. The summed E-state index contributed by atoms with van der Waals surface area (Å²) in [4.78, 5) is 38.4. The first-order valence-corrected chi connectivity index (χ1v) is 9.46. The molecule has 0 bridgehead atoms. The van der Waals surface area contributed by atoms with Crippen LogP contribution in [0.25, 0.3) is 0 Å². The van der Waals surface area contributed by atoms with Crippen molar-refractivity contribution in [3.8, 4) is 0 Å². The molecule has 0 heterocycles. The Kier molecular flexibility index (Phi) is 7.90. The van der Waals surface area contributed by atoms with Gasteiger partial charge in [0.25, 0.3) is 0 Å². The van der Waals surface area contributed by atoms with Gasteiger partial charge in [0.1, 0.15) is 11.3 Å². The number of ketones is 3. The zero-order valence-corrected chi connectivity index (χ0v) is 17.3. The number of aliphatic hydroxyl groups is 2. The number of Topliss-reactive ketones (excluding diaryl/α,β-unsaturated/α-hetero) is 3. The second-order valence-corrected chi connectivity index (χ2v) is 8.22. The Morgan fingerprint density at radius 1 is 1.11 bits per heavy atom. The zero-order valence-electron chi connectivity index (χ0n) is 17.3. The van der Waals surface area contributed by atoms with Gasteiger partial charge in [0.2, 0.25) is 0 Å². The SMILES string of the molecule is CC(C)=CCC1C(=O)C(C(=O)CCC(C)C)=C(O)C(O)(CC=C(C)C)C1=O. The molecule has 0 aromatic rings. The Morgan fingerprint density at radius 3 is 2.15 bits per heavy atom. The van der Waals surface area contributed by atoms with Gasteiger partial charge in [0.05, 0.1) is 5.92 Å². The number of hydrogen-bond acceptors (Lipinski definition) is 5. The van der Waals surface area contributed by atoms with Crippen LogP contribution in [0.5, 0.6) is 0 Å². The van der Waals surface area contributed by atoms with Crippen LogP contribution >= 0.6 is 0 Å². The normalized spacial score (nSPS) is 22.9. The third-order valence-electron chi connectivity index (χ3n) is 4.71. The minimum atomic E-state index is -2.24. The standard InChI is InChI=1S/C22H32O5/c1-13(2)7-9-16-19(24)18(17(23)10-8-14(3)4)21(26)22(27,20(16)25)12-11-15(5)6/h7,11,14,16,26-27H,8-10,12H2,1-6H3. The van der Waals surface area contributed by atoms with Crippen molar-refractivity contribution in [3.63, 3.8) is 0 Å². The molecule has 150 valence electrons. The average Bonchev–Trinajstić information content (AvgIpc) is 2.56. The van der Waals surface area contributed by atoms with Crippen LogP contribution in [0.2, 0.25) is 0 Å². The molecule has 2 atom stereocenters. The molecule has 27 heavy (non-hydrogen) atoms. The van der Waals surface area contributed by atoms with E-state index in [2.05, 4.69) is 0 Å². The molecule has 0 saturated carbocycles. The van der Waals surface area contributed by atoms with Crippen molar-refractivity contribution >= 4 is 17.3 Å². The van der Waals surface area contributed by atoms with Crippen LogP contribution in [0.3, 0.4) is 0 Å². The number of hydrogen-bond donors (Lipinski definition) is 2. The summed E-state index contributed by atoms with van der Waals surface area (Å²) < 4.78 is 0. The van der Waals surface area contributed by atoms with E-state index in [0.29, 0.717) is 6.42 Å². The quantitative estimate of drug-likeness (QED) is 0.379. The lowest BCUT2D eigenvalue weighted by atomic mass is 9.71. The molecule has 0 aliphatic heterocycles. The number of carbonyl (C=O) groups excluding carboxylic acids is 3. The lowest BCUT2D eigenvalue weighted by Crippen LogP contribution is -2.52. The molecule has 2 unspecified atom stereocenters. The molecule has 5 heteroatoms. The number of carbonyl (C=O) groups is 3. The van der Waals surface area contributed by atoms with E-state index in [9.17, 15) is 24.6 Å². The van der Waals surface area contributed by atoms with Crippen molar-refractivity contribution < 1.29 is 24.6 Å². The van der Waals surface area contributed by atoms with Crippen LogP contribution in [0.1, 0.15) is 67.2 Å². The Balaban J connectivity index is 3.44. The third kappa shape index (κ3) is 5.48. The van der Waals surface area contributed by atoms with Crippen LogP contribution in [-0.2, 0) is 14.4 Å². The fourth-order valence-electron chi connectivity index (χ4n) is 2.95. The summed E-state index contributed by atoms with van der Waals surface area (Å²) >= 11 is 0. The van der Waals surface area contributed by atoms with E-state index >= 15 is 0 Å². The van der Waals surface area contributed by atoms with Gasteiger partial charge in [-0.25, -0.2) is 0 Å². The molecule has 0 aromatic carbocycles. The Bertz CT molecular complexity index is 700. The predicted octanol–water partition coefficient (Wildman–Crippen LogP) is 4.02. The molecule has 1 aliphatic carbocycles. The van der Waals surface area contributed by atoms with Crippen LogP contribution < -0.4 is 0 Å². The monoisotopic (exact) mass is 376 g/mol. The van der Waals surface area contributed by atoms with E-state index in [0.717, 1.165) is 11.1 Å². The Labute approximate surface area is 161 Å². The van der Waals surface area contributed by atoms with E-state index in [4.69, 9.17) is 0 Å². The van der Waals surface area contributed by atoms with Gasteiger partial charge >= 0.3 is 0 Å². The first-order valence-electron chi connectivity index (χ1n) is 9.46. The Hall–Kier alpha value is -2.01. The molecule has 1 rings (SSSR count). The molecule has 2 N–H and O–H groups in total. The van der Waals surface area contributed by atoms with Crippen molar-refractivity contribution in [2.75, 3.05) is 0 Å². The summed E-state index contributed by atoms with van der Waals surface area (Å²) in [5.74, 6) is -3.66. The molecule has 0 aromatic heterocycles. The van der Waals surface area contributed by atoms with Gasteiger partial charge in [0, 0.05) is 12.8 Å². The summed E-state index contributed by atoms with van der Waals surface area (Å²) in [6.07, 6.45) is 3.94. The molecule has 0 radical (unpaired) electrons. The van der Waals surface area contributed by atoms with E-state index in [1.165, 1.54) is 0 Å². The largest absolute Gasteiger partial charge is 0.508 e. The highest BCUT2D eigenvalue weighted by Crippen LogP contribution is 2.36. The molecule has 0 spiro atoms. The van der Waals surface area contributed by atoms with E-state index in [1.54, 1.807) is 26.0 Å². The first-order chi connectivity index (χ1) is 12.4. The highest BCUT2D eigenvalue weighted by molar-refractivity contribution is 6.29. The molecule has 5 nitrogen and oxygen atoms in total. The lowest BCUT2D eigenvalue weighted by molar-refractivity contribution is -0.147. The fourth-order valence-corrected chi connectivity index (χ4v) is 2.95. The number of allylic oxidation sites excluding steroid dienone is 4. The minimum absolute atomic E-state index is 0.0884. The van der Waals surface area contributed by atoms with Crippen LogP contribution in [0.4, 0.5) is 0 Å². The molecule has 0 amide bonds. The van der Waals surface area contributed by atoms with Crippen molar-refractivity contribution in [3.05, 3.63) is 34.6 Å². The predicted molar refractivity (Wildman–Crippen MR) is 105 cm³/mol. The van der Waals surface area contributed by atoms with Crippen molar-refractivity contribution in [2.24, 2.45) is 11.8 Å². The number of rotatable bonds is 8. The summed E-state index contributed by atoms with van der Waals surface area (Å²) in [5, 5.41) is 21.6. The van der Waals surface area contributed by atoms with Gasteiger partial charge in [-0.05, 0) is 46.5 Å². The summed E-state index contributed by atoms with van der Waals surface area (Å²) in [7, 11) is 0. The maximum atomic E-state index is 12.9. The van der Waals surface area contributed by atoms with Crippen LogP contribution in [0.15, 0.2) is 34.6 Å². The topological polar surface area (TPSA) is 91.7 Å². The fraction of sp³-hybridized carbons (Fsp3) is 0.591. The molecule has 1 aliphatic rings. The highest BCUT2D eigenvalue weighted by atomic mass is 16.3. The van der Waals surface area contributed by atoms with Crippen LogP contribution in [0, 0.1) is 11.8 Å². The molecule has 0 saturated heterocycles. The van der Waals surface area contributed by atoms with E-state index in [1.807, 2.05) is 27.7 Å². The lowest BCUT2D eigenvalue weighted by Gasteiger charge is -2.34. The van der Waals surface area contributed by atoms with Gasteiger partial charge in [-0.1, -0.05) is 37.1 Å². The van der Waals surface area contributed by atoms with Gasteiger partial charge < -0.3 is 10.2 Å². The van der Waals surface area contributed by atoms with E-state index < -0.39 is 40.2 Å². The maximum absolute atomic E-state index is 12.9. The molecular weight excluding hydrogens is 344 g/mol. The molecule has 0 fully saturated rings. The third-order valence-corrected chi connectivity index (χ3v) is 4.71. The van der Waals surface area contributed by atoms with Gasteiger partial charge in [0.15, 0.2) is 23.0 Å². The summed E-state index contributed by atoms with van der Waals surface area (Å²) in [5.41, 5.74) is -0.870. The summed E-state index contributed by atoms with van der Waals surface area (Å²) in [6, 6.07) is 0. The van der Waals surface area contributed by atoms with Gasteiger partial charge in [-0.15, -0.1) is 0 Å². The van der Waals surface area contributed by atoms with Crippen molar-refractivity contribution in [1.29, 1.82) is 0 Å². The zero-order chi connectivity index (χ0) is 20.9. The smallest absolute Gasteiger partial charge is 0.184 e. The van der Waals surface area contributed by atoms with Gasteiger partial charge in [-0.2, -0.15) is 0 Å². The van der Waals surface area contributed by atoms with Crippen molar-refractivity contribution in [1.82, 2.24) is 0 Å². The second kappa shape index (κ2) is 9.27. The van der Waals surface area contributed by atoms with Crippen LogP contribution in [-0.4, -0.2) is 33.2 Å². The number of aliphatic hydroxyl groups excluding tert-OH is 1. The maximum Gasteiger partial charge on any atom is 0.184 e. The van der Waals surface area contributed by atoms with E-state index in [-0.39, 0.29) is 25.2 Å². The first kappa shape index (κ1) is 23.0. The van der Waals surface area contributed by atoms with Crippen molar-refractivity contribution in [2.45, 2.75) is 72.8 Å². The second-order valence-electron chi connectivity index (χ2n) is 8.22. The average molecular weight is 376 g/mol. The van der Waals surface area contributed by atoms with Gasteiger partial charge in [-0.3, -0.25) is 14.4 Å². The Morgan fingerprint density at radius 2 is 1.67 bits per heavy atom. The summed E-state index contributed by atoms with van der Waals surface area (Å²) in [6.45, 7) is 11.2. The highest BCUT2D eigenvalue weighted by Gasteiger charge is 2.53. The molecular formula is C22H32O5.